The summed E-state index contributed by atoms with van der Waals surface area (Å²) in [6.45, 7) is 13.5. The second-order valence-corrected chi connectivity index (χ2v) is 5.29. The van der Waals surface area contributed by atoms with E-state index < -0.39 is 0 Å². The summed E-state index contributed by atoms with van der Waals surface area (Å²) >= 11 is 0. The summed E-state index contributed by atoms with van der Waals surface area (Å²) in [7, 11) is 0. The predicted octanol–water partition coefficient (Wildman–Crippen LogP) is 3.82. The molecule has 1 aliphatic heterocycles. The van der Waals surface area contributed by atoms with Crippen molar-refractivity contribution in [2.24, 2.45) is 0 Å². The maximum absolute atomic E-state index is 4.06. The first kappa shape index (κ1) is 12.5. The molecule has 1 heteroatoms. The van der Waals surface area contributed by atoms with Gasteiger partial charge in [-0.2, -0.15) is 0 Å². The van der Waals surface area contributed by atoms with Crippen LogP contribution in [-0.2, 0) is 0 Å². The highest BCUT2D eigenvalue weighted by Crippen LogP contribution is 2.30. The molecule has 1 fully saturated rings. The minimum atomic E-state index is 0.258. The second kappa shape index (κ2) is 5.50. The van der Waals surface area contributed by atoms with Gasteiger partial charge in [0, 0.05) is 5.54 Å². The van der Waals surface area contributed by atoms with Crippen molar-refractivity contribution in [3.63, 3.8) is 0 Å². The Bertz CT molecular complexity index is 214. The molecule has 1 saturated heterocycles. The lowest BCUT2D eigenvalue weighted by Gasteiger charge is -2.34. The van der Waals surface area contributed by atoms with Crippen molar-refractivity contribution < 1.29 is 0 Å². The van der Waals surface area contributed by atoms with Gasteiger partial charge in [-0.05, 0) is 46.1 Å². The molecule has 0 bridgehead atoms. The maximum atomic E-state index is 4.06. The van der Waals surface area contributed by atoms with E-state index in [1.807, 2.05) is 0 Å². The topological polar surface area (TPSA) is 12.0 Å². The van der Waals surface area contributed by atoms with E-state index >= 15 is 0 Å². The molecule has 0 saturated carbocycles. The SMILES string of the molecule is C=C(C)CC1(CC(=C)C)CCCCCN1. The van der Waals surface area contributed by atoms with Crippen LogP contribution in [0.3, 0.4) is 0 Å². The third-order valence-electron chi connectivity index (χ3n) is 3.11. The van der Waals surface area contributed by atoms with E-state index in [1.54, 1.807) is 0 Å². The zero-order chi connectivity index (χ0) is 11.3. The van der Waals surface area contributed by atoms with Crippen LogP contribution < -0.4 is 5.32 Å². The van der Waals surface area contributed by atoms with Gasteiger partial charge in [-0.3, -0.25) is 0 Å². The van der Waals surface area contributed by atoms with Gasteiger partial charge < -0.3 is 5.32 Å². The minimum Gasteiger partial charge on any atom is -0.311 e. The summed E-state index contributed by atoms with van der Waals surface area (Å²) in [5.74, 6) is 0. The van der Waals surface area contributed by atoms with Crippen molar-refractivity contribution in [2.45, 2.75) is 57.9 Å². The lowest BCUT2D eigenvalue weighted by Crippen LogP contribution is -2.45. The Hall–Kier alpha value is -0.560. The molecule has 1 N–H and O–H groups in total. The van der Waals surface area contributed by atoms with Crippen molar-refractivity contribution in [3.05, 3.63) is 24.3 Å². The first-order chi connectivity index (χ1) is 7.04. The Morgan fingerprint density at radius 1 is 1.07 bits per heavy atom. The van der Waals surface area contributed by atoms with Crippen molar-refractivity contribution in [1.29, 1.82) is 0 Å². The van der Waals surface area contributed by atoms with Crippen LogP contribution in [-0.4, -0.2) is 12.1 Å². The van der Waals surface area contributed by atoms with Crippen LogP contribution in [0.4, 0.5) is 0 Å². The monoisotopic (exact) mass is 207 g/mol. The summed E-state index contributed by atoms with van der Waals surface area (Å²) in [5.41, 5.74) is 2.82. The largest absolute Gasteiger partial charge is 0.311 e. The van der Waals surface area contributed by atoms with E-state index in [1.165, 1.54) is 36.8 Å². The van der Waals surface area contributed by atoms with Gasteiger partial charge in [-0.25, -0.2) is 0 Å². The predicted molar refractivity (Wildman–Crippen MR) is 68.1 cm³/mol. The third-order valence-corrected chi connectivity index (χ3v) is 3.11. The molecule has 0 aromatic heterocycles. The normalized spacial score (nSPS) is 20.7. The molecular formula is C14H25N. The minimum absolute atomic E-state index is 0.258. The molecule has 0 aromatic carbocycles. The maximum Gasteiger partial charge on any atom is 0.0255 e. The molecule has 1 rings (SSSR count). The lowest BCUT2D eigenvalue weighted by atomic mass is 9.82. The van der Waals surface area contributed by atoms with Gasteiger partial charge in [0.2, 0.25) is 0 Å². The van der Waals surface area contributed by atoms with E-state index in [2.05, 4.69) is 32.3 Å². The van der Waals surface area contributed by atoms with Gasteiger partial charge in [0.15, 0.2) is 0 Å². The molecule has 0 atom stereocenters. The summed E-state index contributed by atoms with van der Waals surface area (Å²) in [6, 6.07) is 0. The standard InChI is InChI=1S/C14H25N/c1-12(2)10-14(11-13(3)4)8-6-5-7-9-15-14/h15H,1,3,5-11H2,2,4H3. The number of hydrogen-bond donors (Lipinski definition) is 1. The number of rotatable bonds is 4. The Balaban J connectivity index is 2.72. The van der Waals surface area contributed by atoms with Crippen LogP contribution in [0.1, 0.15) is 52.4 Å². The van der Waals surface area contributed by atoms with E-state index in [0.29, 0.717) is 0 Å². The average Bonchev–Trinajstić information content (AvgIpc) is 2.27. The Morgan fingerprint density at radius 3 is 2.20 bits per heavy atom. The highest BCUT2D eigenvalue weighted by Gasteiger charge is 2.30. The molecule has 0 radical (unpaired) electrons. The molecule has 0 spiro atoms. The molecular weight excluding hydrogens is 182 g/mol. The van der Waals surface area contributed by atoms with Crippen LogP contribution in [0, 0.1) is 0 Å². The Morgan fingerprint density at radius 2 is 1.67 bits per heavy atom. The molecule has 1 nitrogen and oxygen atoms in total. The van der Waals surface area contributed by atoms with Crippen LogP contribution in [0.15, 0.2) is 24.3 Å². The highest BCUT2D eigenvalue weighted by atomic mass is 15.0. The van der Waals surface area contributed by atoms with Gasteiger partial charge in [-0.15, -0.1) is 13.2 Å². The molecule has 0 amide bonds. The van der Waals surface area contributed by atoms with Crippen LogP contribution in [0.2, 0.25) is 0 Å². The van der Waals surface area contributed by atoms with Crippen molar-refractivity contribution in [1.82, 2.24) is 5.32 Å². The van der Waals surface area contributed by atoms with Crippen LogP contribution in [0.25, 0.3) is 0 Å². The third kappa shape index (κ3) is 4.21. The van der Waals surface area contributed by atoms with E-state index in [9.17, 15) is 0 Å². The summed E-state index contributed by atoms with van der Waals surface area (Å²) in [6.07, 6.45) is 7.48. The van der Waals surface area contributed by atoms with Crippen molar-refractivity contribution in [3.8, 4) is 0 Å². The fraction of sp³-hybridized carbons (Fsp3) is 0.714. The quantitative estimate of drug-likeness (QED) is 0.691. The second-order valence-electron chi connectivity index (χ2n) is 5.29. The van der Waals surface area contributed by atoms with E-state index in [4.69, 9.17) is 0 Å². The molecule has 86 valence electrons. The molecule has 1 heterocycles. The van der Waals surface area contributed by atoms with Gasteiger partial charge in [0.1, 0.15) is 0 Å². The zero-order valence-electron chi connectivity index (χ0n) is 10.4. The fourth-order valence-corrected chi connectivity index (χ4v) is 2.73. The van der Waals surface area contributed by atoms with E-state index in [0.717, 1.165) is 19.4 Å². The van der Waals surface area contributed by atoms with Gasteiger partial charge in [0.25, 0.3) is 0 Å². The van der Waals surface area contributed by atoms with Gasteiger partial charge in [0.05, 0.1) is 0 Å². The first-order valence-electron chi connectivity index (χ1n) is 6.08. The summed E-state index contributed by atoms with van der Waals surface area (Å²) in [4.78, 5) is 0. The van der Waals surface area contributed by atoms with Crippen LogP contribution in [0.5, 0.6) is 0 Å². The fourth-order valence-electron chi connectivity index (χ4n) is 2.73. The highest BCUT2D eigenvalue weighted by molar-refractivity contribution is 5.08. The number of nitrogens with one attached hydrogen (secondary N) is 1. The average molecular weight is 207 g/mol. The van der Waals surface area contributed by atoms with E-state index in [-0.39, 0.29) is 5.54 Å². The van der Waals surface area contributed by atoms with Crippen molar-refractivity contribution in [2.75, 3.05) is 6.54 Å². The van der Waals surface area contributed by atoms with Gasteiger partial charge in [-0.1, -0.05) is 24.0 Å². The van der Waals surface area contributed by atoms with Gasteiger partial charge >= 0.3 is 0 Å². The molecule has 1 aliphatic rings. The number of hydrogen-bond acceptors (Lipinski definition) is 1. The van der Waals surface area contributed by atoms with Crippen molar-refractivity contribution >= 4 is 0 Å². The molecule has 0 aromatic rings. The Labute approximate surface area is 94.6 Å². The summed E-state index contributed by atoms with van der Waals surface area (Å²) < 4.78 is 0. The lowest BCUT2D eigenvalue weighted by molar-refractivity contribution is 0.310. The smallest absolute Gasteiger partial charge is 0.0255 e. The first-order valence-corrected chi connectivity index (χ1v) is 6.08. The molecule has 0 unspecified atom stereocenters. The van der Waals surface area contributed by atoms with Crippen LogP contribution >= 0.6 is 0 Å². The Kier molecular flexibility index (Phi) is 4.59. The molecule has 15 heavy (non-hydrogen) atoms. The molecule has 0 aliphatic carbocycles. The zero-order valence-corrected chi connectivity index (χ0v) is 10.4. The summed E-state index contributed by atoms with van der Waals surface area (Å²) in [5, 5.41) is 3.74.